The number of anilines is 1. The predicted molar refractivity (Wildman–Crippen MR) is 109 cm³/mol. The third-order valence-corrected chi connectivity index (χ3v) is 5.86. The van der Waals surface area contributed by atoms with Crippen LogP contribution in [0.2, 0.25) is 0 Å². The molecule has 148 valence electrons. The maximum absolute atomic E-state index is 14.4. The van der Waals surface area contributed by atoms with Gasteiger partial charge in [0.05, 0.1) is 7.11 Å². The number of carbonyl (C=O) groups is 1. The van der Waals surface area contributed by atoms with Gasteiger partial charge in [0.15, 0.2) is 5.69 Å². The molecule has 1 amide bonds. The molecular formula is C23H22FN3O2. The molecule has 5 rings (SSSR count). The Labute approximate surface area is 168 Å². The van der Waals surface area contributed by atoms with E-state index in [0.717, 1.165) is 60.4 Å². The smallest absolute Gasteiger partial charge is 0.279 e. The molecule has 0 bridgehead atoms. The molecule has 0 fully saturated rings. The maximum Gasteiger partial charge on any atom is 0.279 e. The van der Waals surface area contributed by atoms with Gasteiger partial charge in [0.2, 0.25) is 0 Å². The van der Waals surface area contributed by atoms with Crippen LogP contribution in [0.5, 0.6) is 5.75 Å². The van der Waals surface area contributed by atoms with Crippen LogP contribution in [-0.4, -0.2) is 29.3 Å². The molecule has 0 spiro atoms. The summed E-state index contributed by atoms with van der Waals surface area (Å²) in [5, 5.41) is 4.61. The third-order valence-electron chi connectivity index (χ3n) is 5.86. The Morgan fingerprint density at radius 3 is 2.76 bits per heavy atom. The number of aryl methyl sites for hydroxylation is 1. The first-order valence-electron chi connectivity index (χ1n) is 10.0. The summed E-state index contributed by atoms with van der Waals surface area (Å²) in [5.74, 6) is 0.353. The van der Waals surface area contributed by atoms with E-state index in [1.54, 1.807) is 30.0 Å². The zero-order chi connectivity index (χ0) is 20.0. The van der Waals surface area contributed by atoms with Crippen molar-refractivity contribution in [3.63, 3.8) is 0 Å². The molecule has 0 unspecified atom stereocenters. The van der Waals surface area contributed by atoms with Gasteiger partial charge in [-0.1, -0.05) is 12.1 Å². The van der Waals surface area contributed by atoms with Crippen molar-refractivity contribution in [2.75, 3.05) is 18.6 Å². The summed E-state index contributed by atoms with van der Waals surface area (Å²) in [6.07, 6.45) is 4.36. The van der Waals surface area contributed by atoms with Gasteiger partial charge in [0.1, 0.15) is 17.3 Å². The molecule has 29 heavy (non-hydrogen) atoms. The fourth-order valence-corrected chi connectivity index (χ4v) is 4.47. The Hall–Kier alpha value is -3.15. The Morgan fingerprint density at radius 2 is 1.93 bits per heavy atom. The summed E-state index contributed by atoms with van der Waals surface area (Å²) >= 11 is 0. The standard InChI is InChI=1S/C23H22FN3O2/c1-29-16-11-12-19-15(14-16)6-5-13-26(19)23(28)22-17-7-4-10-20(17)27(25-22)21-9-3-2-8-18(21)24/h2-3,8-9,11-12,14H,4-7,10,13H2,1H3. The van der Waals surface area contributed by atoms with Crippen LogP contribution >= 0.6 is 0 Å². The summed E-state index contributed by atoms with van der Waals surface area (Å²) in [6.45, 7) is 0.652. The second-order valence-corrected chi connectivity index (χ2v) is 7.55. The number of ether oxygens (including phenoxy) is 1. The van der Waals surface area contributed by atoms with E-state index in [1.165, 1.54) is 6.07 Å². The molecule has 0 saturated carbocycles. The van der Waals surface area contributed by atoms with Gasteiger partial charge in [-0.25, -0.2) is 9.07 Å². The fraction of sp³-hybridized carbons (Fsp3) is 0.304. The van der Waals surface area contributed by atoms with Crippen LogP contribution in [0.3, 0.4) is 0 Å². The zero-order valence-electron chi connectivity index (χ0n) is 16.3. The van der Waals surface area contributed by atoms with Crippen molar-refractivity contribution in [3.8, 4) is 11.4 Å². The van der Waals surface area contributed by atoms with Crippen LogP contribution in [0.15, 0.2) is 42.5 Å². The molecule has 1 aliphatic heterocycles. The highest BCUT2D eigenvalue weighted by atomic mass is 19.1. The van der Waals surface area contributed by atoms with Crippen molar-refractivity contribution in [1.29, 1.82) is 0 Å². The number of methoxy groups -OCH3 is 1. The lowest BCUT2D eigenvalue weighted by molar-refractivity contribution is 0.0979. The minimum atomic E-state index is -0.334. The van der Waals surface area contributed by atoms with Gasteiger partial charge in [-0.3, -0.25) is 4.79 Å². The molecule has 6 heteroatoms. The van der Waals surface area contributed by atoms with Crippen molar-refractivity contribution in [3.05, 3.63) is 70.8 Å². The van der Waals surface area contributed by atoms with Crippen molar-refractivity contribution in [1.82, 2.24) is 9.78 Å². The van der Waals surface area contributed by atoms with Crippen LogP contribution in [0.4, 0.5) is 10.1 Å². The normalized spacial score (nSPS) is 15.2. The number of aromatic nitrogens is 2. The SMILES string of the molecule is COc1ccc2c(c1)CCCN2C(=O)c1nn(-c2ccccc2F)c2c1CCC2. The minimum Gasteiger partial charge on any atom is -0.497 e. The molecule has 0 radical (unpaired) electrons. The van der Waals surface area contributed by atoms with E-state index >= 15 is 0 Å². The first kappa shape index (κ1) is 17.9. The summed E-state index contributed by atoms with van der Waals surface area (Å²) in [5.41, 5.74) is 4.77. The number of amides is 1. The quantitative estimate of drug-likeness (QED) is 0.675. The van der Waals surface area contributed by atoms with Crippen molar-refractivity contribution >= 4 is 11.6 Å². The highest BCUT2D eigenvalue weighted by Crippen LogP contribution is 2.34. The maximum atomic E-state index is 14.4. The number of benzene rings is 2. The van der Waals surface area contributed by atoms with E-state index in [0.29, 0.717) is 17.9 Å². The predicted octanol–water partition coefficient (Wildman–Crippen LogP) is 4.10. The molecule has 1 aromatic heterocycles. The second kappa shape index (κ2) is 7.03. The average Bonchev–Trinajstić information content (AvgIpc) is 3.36. The number of hydrogen-bond donors (Lipinski definition) is 0. The van der Waals surface area contributed by atoms with Gasteiger partial charge in [-0.05, 0) is 68.0 Å². The van der Waals surface area contributed by atoms with Gasteiger partial charge in [0, 0.05) is 23.5 Å². The molecule has 2 aromatic carbocycles. The number of rotatable bonds is 3. The summed E-state index contributed by atoms with van der Waals surface area (Å²) in [4.78, 5) is 15.3. The van der Waals surface area contributed by atoms with Gasteiger partial charge >= 0.3 is 0 Å². The molecule has 1 aliphatic carbocycles. The van der Waals surface area contributed by atoms with Crippen LogP contribution in [0, 0.1) is 5.82 Å². The molecule has 2 heterocycles. The Bertz CT molecular complexity index is 1110. The monoisotopic (exact) mass is 391 g/mol. The highest BCUT2D eigenvalue weighted by molar-refractivity contribution is 6.06. The lowest BCUT2D eigenvalue weighted by atomic mass is 10.0. The minimum absolute atomic E-state index is 0.107. The Morgan fingerprint density at radius 1 is 1.07 bits per heavy atom. The van der Waals surface area contributed by atoms with Crippen molar-refractivity contribution in [2.45, 2.75) is 32.1 Å². The number of hydrogen-bond acceptors (Lipinski definition) is 3. The van der Waals surface area contributed by atoms with Gasteiger partial charge in [-0.15, -0.1) is 0 Å². The fourth-order valence-electron chi connectivity index (χ4n) is 4.47. The van der Waals surface area contributed by atoms with Crippen LogP contribution in [0.1, 0.15) is 40.2 Å². The lowest BCUT2D eigenvalue weighted by Crippen LogP contribution is -2.36. The van der Waals surface area contributed by atoms with Gasteiger partial charge in [0.25, 0.3) is 5.91 Å². The first-order chi connectivity index (χ1) is 14.2. The van der Waals surface area contributed by atoms with E-state index < -0.39 is 0 Å². The van der Waals surface area contributed by atoms with E-state index in [4.69, 9.17) is 4.74 Å². The Kier molecular flexibility index (Phi) is 4.34. The molecule has 0 atom stereocenters. The van der Waals surface area contributed by atoms with E-state index in [1.807, 2.05) is 23.1 Å². The second-order valence-electron chi connectivity index (χ2n) is 7.55. The third kappa shape index (κ3) is 2.90. The van der Waals surface area contributed by atoms with Gasteiger partial charge in [-0.2, -0.15) is 5.10 Å². The molecule has 0 saturated heterocycles. The highest BCUT2D eigenvalue weighted by Gasteiger charge is 2.32. The molecule has 5 nitrogen and oxygen atoms in total. The van der Waals surface area contributed by atoms with Crippen LogP contribution < -0.4 is 9.64 Å². The number of fused-ring (bicyclic) bond motifs is 2. The van der Waals surface area contributed by atoms with E-state index in [9.17, 15) is 9.18 Å². The van der Waals surface area contributed by atoms with E-state index in [-0.39, 0.29) is 11.7 Å². The van der Waals surface area contributed by atoms with Crippen molar-refractivity contribution in [2.24, 2.45) is 0 Å². The van der Waals surface area contributed by atoms with Crippen LogP contribution in [-0.2, 0) is 19.3 Å². The number of para-hydroxylation sites is 1. The summed E-state index contributed by atoms with van der Waals surface area (Å²) < 4.78 is 21.4. The zero-order valence-corrected chi connectivity index (χ0v) is 16.3. The Balaban J connectivity index is 1.57. The lowest BCUT2D eigenvalue weighted by Gasteiger charge is -2.29. The molecular weight excluding hydrogens is 369 g/mol. The van der Waals surface area contributed by atoms with Gasteiger partial charge < -0.3 is 9.64 Å². The summed E-state index contributed by atoms with van der Waals surface area (Å²) in [7, 11) is 1.64. The van der Waals surface area contributed by atoms with Crippen LogP contribution in [0.25, 0.3) is 5.69 Å². The average molecular weight is 391 g/mol. The van der Waals surface area contributed by atoms with E-state index in [2.05, 4.69) is 5.10 Å². The number of carbonyl (C=O) groups excluding carboxylic acids is 1. The topological polar surface area (TPSA) is 47.4 Å². The number of halogens is 1. The van der Waals surface area contributed by atoms with Crippen molar-refractivity contribution < 1.29 is 13.9 Å². The molecule has 2 aliphatic rings. The largest absolute Gasteiger partial charge is 0.497 e. The summed E-state index contributed by atoms with van der Waals surface area (Å²) in [6, 6.07) is 12.4. The first-order valence-corrected chi connectivity index (χ1v) is 10.0. The molecule has 0 N–H and O–H groups in total. The molecule has 3 aromatic rings. The number of nitrogens with zero attached hydrogens (tertiary/aromatic N) is 3.